The van der Waals surface area contributed by atoms with Crippen molar-refractivity contribution in [2.45, 2.75) is 0 Å². The summed E-state index contributed by atoms with van der Waals surface area (Å²) in [5.74, 6) is -2.57. The molecular formula is C11H8BNO5. The maximum atomic E-state index is 11.8. The summed E-state index contributed by atoms with van der Waals surface area (Å²) < 4.78 is 4.36. The number of imide groups is 1. The highest BCUT2D eigenvalue weighted by Crippen LogP contribution is 2.23. The largest absolute Gasteiger partial charge is 0.538 e. The zero-order valence-electron chi connectivity index (χ0n) is 9.50. The summed E-state index contributed by atoms with van der Waals surface area (Å²) in [7, 11) is 1.14. The van der Waals surface area contributed by atoms with E-state index in [0.29, 0.717) is 5.06 Å². The van der Waals surface area contributed by atoms with E-state index >= 15 is 0 Å². The lowest BCUT2D eigenvalue weighted by Gasteiger charge is -2.14. The summed E-state index contributed by atoms with van der Waals surface area (Å²) in [6, 6.07) is 6.25. The summed E-state index contributed by atoms with van der Waals surface area (Å²) in [5.41, 5.74) is 0.445. The standard InChI is InChI=1S/C11H8BNO5/c1-6(11(16)17-12)18-13-9(14)7-4-2-3-5-8(7)10(13)15/h2-5H,1,12H2. The third-order valence-electron chi connectivity index (χ3n) is 2.37. The predicted octanol–water partition coefficient (Wildman–Crippen LogP) is -0.181. The predicted molar refractivity (Wildman–Crippen MR) is 61.8 cm³/mol. The number of nitrogens with zero attached hydrogens (tertiary/aromatic N) is 1. The third kappa shape index (κ3) is 1.75. The molecule has 6 nitrogen and oxygen atoms in total. The van der Waals surface area contributed by atoms with Crippen LogP contribution in [0.5, 0.6) is 0 Å². The van der Waals surface area contributed by atoms with Gasteiger partial charge in [-0.2, -0.15) is 0 Å². The van der Waals surface area contributed by atoms with Crippen LogP contribution in [-0.4, -0.2) is 30.9 Å². The molecule has 1 aromatic rings. The van der Waals surface area contributed by atoms with Gasteiger partial charge in [-0.15, -0.1) is 0 Å². The molecule has 1 aliphatic rings. The van der Waals surface area contributed by atoms with Crippen molar-refractivity contribution in [2.75, 3.05) is 0 Å². The molecule has 1 aromatic carbocycles. The van der Waals surface area contributed by atoms with E-state index in [1.165, 1.54) is 12.1 Å². The summed E-state index contributed by atoms with van der Waals surface area (Å²) in [4.78, 5) is 39.6. The Balaban J connectivity index is 2.24. The van der Waals surface area contributed by atoms with Gasteiger partial charge in [-0.1, -0.05) is 17.2 Å². The quantitative estimate of drug-likeness (QED) is 0.319. The topological polar surface area (TPSA) is 72.9 Å². The smallest absolute Gasteiger partial charge is 0.358 e. The molecule has 0 unspecified atom stereocenters. The SMILES string of the molecule is BOC(=O)C(=C)ON1C(=O)c2ccccc2C1=O. The molecule has 2 rings (SSSR count). The van der Waals surface area contributed by atoms with E-state index in [1.54, 1.807) is 12.1 Å². The van der Waals surface area contributed by atoms with E-state index in [4.69, 9.17) is 4.84 Å². The molecule has 18 heavy (non-hydrogen) atoms. The minimum absolute atomic E-state index is 0.222. The molecule has 90 valence electrons. The maximum absolute atomic E-state index is 11.8. The Morgan fingerprint density at radius 1 is 1.17 bits per heavy atom. The molecule has 1 heterocycles. The Labute approximate surface area is 103 Å². The molecule has 0 spiro atoms. The minimum Gasteiger partial charge on any atom is -0.538 e. The van der Waals surface area contributed by atoms with Crippen molar-refractivity contribution >= 4 is 25.8 Å². The number of benzene rings is 1. The number of rotatable bonds is 3. The van der Waals surface area contributed by atoms with Crippen LogP contribution < -0.4 is 0 Å². The Bertz CT molecular complexity index is 533. The summed E-state index contributed by atoms with van der Waals surface area (Å²) in [5, 5.41) is 0.490. The Kier molecular flexibility index (Phi) is 2.89. The van der Waals surface area contributed by atoms with Crippen LogP contribution in [0.15, 0.2) is 36.6 Å². The lowest BCUT2D eigenvalue weighted by Crippen LogP contribution is -2.31. The van der Waals surface area contributed by atoms with Crippen molar-refractivity contribution in [1.82, 2.24) is 5.06 Å². The first-order valence-corrected chi connectivity index (χ1v) is 4.99. The second-order valence-corrected chi connectivity index (χ2v) is 3.46. The van der Waals surface area contributed by atoms with Gasteiger partial charge in [-0.25, -0.2) is 4.79 Å². The Morgan fingerprint density at radius 2 is 1.67 bits per heavy atom. The molecule has 0 aliphatic carbocycles. The first-order valence-electron chi connectivity index (χ1n) is 4.99. The van der Waals surface area contributed by atoms with Gasteiger partial charge in [0, 0.05) is 0 Å². The van der Waals surface area contributed by atoms with Crippen LogP contribution in [0.1, 0.15) is 20.7 Å². The monoisotopic (exact) mass is 245 g/mol. The molecule has 1 aliphatic heterocycles. The Hall–Kier alpha value is -2.57. The van der Waals surface area contributed by atoms with Crippen LogP contribution in [0.2, 0.25) is 0 Å². The normalized spacial score (nSPS) is 13.2. The number of hydrogen-bond donors (Lipinski definition) is 0. The number of hydrogen-bond acceptors (Lipinski definition) is 5. The van der Waals surface area contributed by atoms with Crippen molar-refractivity contribution in [3.63, 3.8) is 0 Å². The van der Waals surface area contributed by atoms with Crippen LogP contribution in [0.3, 0.4) is 0 Å². The van der Waals surface area contributed by atoms with Crippen molar-refractivity contribution in [3.05, 3.63) is 47.7 Å². The molecule has 0 fully saturated rings. The first kappa shape index (κ1) is 11.9. The van der Waals surface area contributed by atoms with Gasteiger partial charge in [-0.3, -0.25) is 9.59 Å². The Morgan fingerprint density at radius 3 is 2.11 bits per heavy atom. The fourth-order valence-corrected chi connectivity index (χ4v) is 1.51. The molecule has 0 atom stereocenters. The van der Waals surface area contributed by atoms with Gasteiger partial charge in [0.25, 0.3) is 11.8 Å². The van der Waals surface area contributed by atoms with Gasteiger partial charge in [0.1, 0.15) is 0 Å². The van der Waals surface area contributed by atoms with Crippen LogP contribution in [0.25, 0.3) is 0 Å². The molecule has 0 saturated carbocycles. The van der Waals surface area contributed by atoms with E-state index < -0.39 is 23.5 Å². The average Bonchev–Trinajstić information content (AvgIpc) is 2.63. The zero-order valence-corrected chi connectivity index (χ0v) is 9.50. The van der Waals surface area contributed by atoms with Gasteiger partial charge < -0.3 is 9.49 Å². The minimum atomic E-state index is -0.855. The molecule has 0 bridgehead atoms. The summed E-state index contributed by atoms with van der Waals surface area (Å²) >= 11 is 0. The van der Waals surface area contributed by atoms with E-state index in [9.17, 15) is 14.4 Å². The lowest BCUT2D eigenvalue weighted by molar-refractivity contribution is -0.140. The van der Waals surface area contributed by atoms with Crippen LogP contribution in [-0.2, 0) is 14.3 Å². The highest BCUT2D eigenvalue weighted by molar-refractivity contribution is 6.20. The van der Waals surface area contributed by atoms with Crippen LogP contribution in [0.4, 0.5) is 0 Å². The van der Waals surface area contributed by atoms with Crippen LogP contribution >= 0.6 is 0 Å². The van der Waals surface area contributed by atoms with Crippen molar-refractivity contribution in [2.24, 2.45) is 0 Å². The fraction of sp³-hybridized carbons (Fsp3) is 0. The fourth-order valence-electron chi connectivity index (χ4n) is 1.51. The number of amides is 2. The van der Waals surface area contributed by atoms with Crippen molar-refractivity contribution in [1.29, 1.82) is 0 Å². The molecule has 0 aromatic heterocycles. The second kappa shape index (κ2) is 4.36. The van der Waals surface area contributed by atoms with E-state index in [1.807, 2.05) is 0 Å². The molecule has 7 heteroatoms. The molecule has 0 saturated heterocycles. The maximum Gasteiger partial charge on any atom is 0.358 e. The van der Waals surface area contributed by atoms with E-state index in [0.717, 1.165) is 8.05 Å². The number of fused-ring (bicyclic) bond motifs is 1. The van der Waals surface area contributed by atoms with E-state index in [-0.39, 0.29) is 11.1 Å². The van der Waals surface area contributed by atoms with Crippen LogP contribution in [0, 0.1) is 0 Å². The molecule has 2 amide bonds. The molecular weight excluding hydrogens is 237 g/mol. The lowest BCUT2D eigenvalue weighted by atomic mass is 10.1. The molecule has 0 N–H and O–H groups in total. The zero-order chi connectivity index (χ0) is 13.3. The molecule has 0 radical (unpaired) electrons. The second-order valence-electron chi connectivity index (χ2n) is 3.46. The first-order chi connectivity index (χ1) is 8.56. The van der Waals surface area contributed by atoms with Gasteiger partial charge in [0.15, 0.2) is 0 Å². The highest BCUT2D eigenvalue weighted by Gasteiger charge is 2.38. The number of carbonyl (C=O) groups is 3. The van der Waals surface area contributed by atoms with Crippen molar-refractivity contribution in [3.8, 4) is 0 Å². The van der Waals surface area contributed by atoms with Gasteiger partial charge in [-0.05, 0) is 18.7 Å². The summed E-state index contributed by atoms with van der Waals surface area (Å²) in [6.45, 7) is 3.28. The van der Waals surface area contributed by atoms with Crippen molar-refractivity contribution < 1.29 is 23.9 Å². The van der Waals surface area contributed by atoms with Gasteiger partial charge in [0.2, 0.25) is 5.76 Å². The number of hydroxylamine groups is 2. The van der Waals surface area contributed by atoms with Gasteiger partial charge >= 0.3 is 14.0 Å². The van der Waals surface area contributed by atoms with Gasteiger partial charge in [0.05, 0.1) is 11.1 Å². The van der Waals surface area contributed by atoms with E-state index in [2.05, 4.69) is 11.2 Å². The summed E-state index contributed by atoms with van der Waals surface area (Å²) in [6.07, 6.45) is 0. The highest BCUT2D eigenvalue weighted by atomic mass is 16.7. The number of carbonyl (C=O) groups excluding carboxylic acids is 3. The third-order valence-corrected chi connectivity index (χ3v) is 2.37. The average molecular weight is 245 g/mol.